The van der Waals surface area contributed by atoms with Crippen molar-refractivity contribution >= 4 is 29.0 Å². The number of aromatic nitrogens is 4. The van der Waals surface area contributed by atoms with Crippen LogP contribution in [-0.2, 0) is 4.79 Å². The van der Waals surface area contributed by atoms with E-state index in [-0.39, 0.29) is 17.9 Å². The number of H-pyrrole nitrogens is 1. The monoisotopic (exact) mass is 466 g/mol. The van der Waals surface area contributed by atoms with Crippen molar-refractivity contribution in [2.75, 3.05) is 17.6 Å². The zero-order valence-corrected chi connectivity index (χ0v) is 19.2. The molecule has 4 N–H and O–H groups in total. The van der Waals surface area contributed by atoms with E-state index < -0.39 is 0 Å². The third kappa shape index (κ3) is 4.17. The van der Waals surface area contributed by atoms with Crippen molar-refractivity contribution in [2.45, 2.75) is 25.8 Å². The normalized spacial score (nSPS) is 15.0. The van der Waals surface area contributed by atoms with E-state index in [1.54, 1.807) is 48.5 Å². The lowest BCUT2D eigenvalue weighted by Crippen LogP contribution is -2.36. The van der Waals surface area contributed by atoms with Gasteiger partial charge in [-0.1, -0.05) is 12.0 Å². The first-order chi connectivity index (χ1) is 17.1. The van der Waals surface area contributed by atoms with Gasteiger partial charge in [0.25, 0.3) is 17.6 Å². The van der Waals surface area contributed by atoms with E-state index in [4.69, 9.17) is 5.73 Å². The molecule has 5 rings (SSSR count). The minimum Gasteiger partial charge on any atom is -0.380 e. The second-order valence-corrected chi connectivity index (χ2v) is 8.19. The predicted octanol–water partition coefficient (Wildman–Crippen LogP) is 2.73. The number of hydrogen-bond donors (Lipinski definition) is 3. The van der Waals surface area contributed by atoms with Crippen LogP contribution in [0.2, 0.25) is 0 Å². The number of likely N-dealkylation sites (tertiary alicyclic amines) is 1. The molecule has 1 fully saturated rings. The highest BCUT2D eigenvalue weighted by molar-refractivity contribution is 6.04. The van der Waals surface area contributed by atoms with Gasteiger partial charge in [0.15, 0.2) is 11.5 Å². The first-order valence-corrected chi connectivity index (χ1v) is 11.3. The molecule has 4 aromatic rings. The first kappa shape index (κ1) is 22.1. The Morgan fingerprint density at radius 1 is 1.17 bits per heavy atom. The van der Waals surface area contributed by atoms with Gasteiger partial charge in [-0.2, -0.15) is 4.40 Å². The predicted molar refractivity (Wildman–Crippen MR) is 131 cm³/mol. The number of hydrogen-bond acceptors (Lipinski definition) is 5. The molecule has 0 aliphatic carbocycles. The lowest BCUT2D eigenvalue weighted by molar-refractivity contribution is -0.524. The van der Waals surface area contributed by atoms with Crippen LogP contribution in [0, 0.1) is 11.8 Å². The third-order valence-corrected chi connectivity index (χ3v) is 6.07. The van der Waals surface area contributed by atoms with E-state index in [9.17, 15) is 9.59 Å². The molecular weight excluding hydrogens is 442 g/mol. The Balaban J connectivity index is 1.51. The van der Waals surface area contributed by atoms with Crippen molar-refractivity contribution in [3.63, 3.8) is 0 Å². The summed E-state index contributed by atoms with van der Waals surface area (Å²) in [5.74, 6) is 6.60. The van der Waals surface area contributed by atoms with Crippen LogP contribution in [-0.4, -0.2) is 38.2 Å². The van der Waals surface area contributed by atoms with E-state index in [0.717, 1.165) is 29.9 Å². The largest absolute Gasteiger partial charge is 0.380 e. The Morgan fingerprint density at radius 3 is 2.74 bits per heavy atom. The van der Waals surface area contributed by atoms with Crippen molar-refractivity contribution in [1.29, 1.82) is 0 Å². The van der Waals surface area contributed by atoms with Crippen LogP contribution in [0.5, 0.6) is 0 Å². The van der Waals surface area contributed by atoms with Crippen LogP contribution in [0.15, 0.2) is 61.1 Å². The quantitative estimate of drug-likeness (QED) is 0.315. The maximum atomic E-state index is 12.6. The Hall–Kier alpha value is -4.71. The molecule has 0 saturated carbocycles. The summed E-state index contributed by atoms with van der Waals surface area (Å²) in [6.07, 6.45) is 6.80. The maximum absolute atomic E-state index is 12.6. The summed E-state index contributed by atoms with van der Waals surface area (Å²) in [5.41, 5.74) is 9.11. The molecular formula is C26H24N7O2+. The molecule has 1 aliphatic heterocycles. The average Bonchev–Trinajstić information content (AvgIpc) is 3.51. The van der Waals surface area contributed by atoms with Crippen LogP contribution in [0.1, 0.15) is 42.0 Å². The van der Waals surface area contributed by atoms with Gasteiger partial charge in [-0.25, -0.2) is 15.0 Å². The zero-order valence-electron chi connectivity index (χ0n) is 19.2. The number of aromatic amines is 1. The van der Waals surface area contributed by atoms with E-state index in [1.807, 2.05) is 28.8 Å². The summed E-state index contributed by atoms with van der Waals surface area (Å²) in [4.78, 5) is 38.9. The number of nitrogens with one attached hydrogen (secondary N) is 2. The van der Waals surface area contributed by atoms with Crippen LogP contribution in [0.4, 0.5) is 11.6 Å². The minimum absolute atomic E-state index is 0.158. The molecule has 1 aromatic carbocycles. The minimum atomic E-state index is -0.250. The van der Waals surface area contributed by atoms with E-state index >= 15 is 0 Å². The van der Waals surface area contributed by atoms with Gasteiger partial charge in [0.1, 0.15) is 18.1 Å². The number of anilines is 2. The zero-order chi connectivity index (χ0) is 24.4. The standard InChI is InChI=1S/C26H23N7O2/c1-2-6-21(34)32-15-5-7-19(32)25-31-22(23-24(27)29-14-16-33(23)25)17-9-11-18(12-10-17)26(35)30-20-8-3-4-13-28-20/h3-4,8-14,16,19H,5,7,15H2,1H3,(H3,27,28,29,30,35)/p+1. The summed E-state index contributed by atoms with van der Waals surface area (Å²) in [7, 11) is 0. The molecule has 1 unspecified atom stereocenters. The van der Waals surface area contributed by atoms with Crippen LogP contribution < -0.4 is 15.5 Å². The molecule has 2 amide bonds. The van der Waals surface area contributed by atoms with Crippen molar-refractivity contribution < 1.29 is 14.0 Å². The second-order valence-electron chi connectivity index (χ2n) is 8.19. The highest BCUT2D eigenvalue weighted by Gasteiger charge is 2.37. The third-order valence-electron chi connectivity index (χ3n) is 6.07. The molecule has 4 heterocycles. The van der Waals surface area contributed by atoms with Crippen LogP contribution in [0.3, 0.4) is 0 Å². The molecule has 3 aromatic heterocycles. The van der Waals surface area contributed by atoms with Crippen LogP contribution in [0.25, 0.3) is 16.8 Å². The fraction of sp³-hybridized carbons (Fsp3) is 0.192. The molecule has 1 atom stereocenters. The van der Waals surface area contributed by atoms with Gasteiger partial charge in [-0.3, -0.25) is 9.59 Å². The number of rotatable bonds is 4. The van der Waals surface area contributed by atoms with E-state index in [0.29, 0.717) is 29.3 Å². The highest BCUT2D eigenvalue weighted by Crippen LogP contribution is 2.33. The Bertz CT molecular complexity index is 1470. The summed E-state index contributed by atoms with van der Waals surface area (Å²) in [5, 5.41) is 2.78. The number of nitrogens with zero attached hydrogens (tertiary/aromatic N) is 4. The molecule has 0 radical (unpaired) electrons. The maximum Gasteiger partial charge on any atom is 0.299 e. The Kier molecular flexibility index (Phi) is 5.85. The van der Waals surface area contributed by atoms with Crippen molar-refractivity contribution in [3.8, 4) is 23.1 Å². The molecule has 35 heavy (non-hydrogen) atoms. The number of carbonyl (C=O) groups excluding carboxylic acids is 2. The average molecular weight is 467 g/mol. The summed E-state index contributed by atoms with van der Waals surface area (Å²) in [6.45, 7) is 2.31. The molecule has 174 valence electrons. The number of fused-ring (bicyclic) bond motifs is 1. The van der Waals surface area contributed by atoms with E-state index in [2.05, 4.69) is 32.1 Å². The fourth-order valence-electron chi connectivity index (χ4n) is 4.48. The van der Waals surface area contributed by atoms with Crippen molar-refractivity contribution in [3.05, 3.63) is 72.4 Å². The lowest BCUT2D eigenvalue weighted by atomic mass is 10.1. The van der Waals surface area contributed by atoms with Gasteiger partial charge in [0.2, 0.25) is 5.52 Å². The number of amides is 2. The van der Waals surface area contributed by atoms with E-state index in [1.165, 1.54) is 0 Å². The number of imidazole rings is 1. The lowest BCUT2D eigenvalue weighted by Gasteiger charge is -2.18. The topological polar surface area (TPSA) is 121 Å². The first-order valence-electron chi connectivity index (χ1n) is 11.3. The number of nitrogens with two attached hydrogens (primary N) is 1. The second kappa shape index (κ2) is 9.27. The smallest absolute Gasteiger partial charge is 0.299 e. The fourth-order valence-corrected chi connectivity index (χ4v) is 4.48. The molecule has 0 spiro atoms. The number of pyridine rings is 1. The van der Waals surface area contributed by atoms with Crippen molar-refractivity contribution in [2.24, 2.45) is 0 Å². The van der Waals surface area contributed by atoms with Gasteiger partial charge in [-0.15, -0.1) is 0 Å². The highest BCUT2D eigenvalue weighted by atomic mass is 16.2. The molecule has 1 saturated heterocycles. The van der Waals surface area contributed by atoms with Gasteiger partial charge in [-0.05, 0) is 62.1 Å². The van der Waals surface area contributed by atoms with Gasteiger partial charge >= 0.3 is 0 Å². The Morgan fingerprint density at radius 2 is 2.00 bits per heavy atom. The molecule has 0 bridgehead atoms. The molecule has 9 heteroatoms. The molecule has 1 aliphatic rings. The Labute approximate surface area is 202 Å². The molecule has 9 nitrogen and oxygen atoms in total. The number of carbonyl (C=O) groups is 2. The number of nitrogen functional groups attached to an aromatic ring is 1. The summed E-state index contributed by atoms with van der Waals surface area (Å²) in [6, 6.07) is 12.4. The summed E-state index contributed by atoms with van der Waals surface area (Å²) >= 11 is 0. The van der Waals surface area contributed by atoms with Gasteiger partial charge in [0.05, 0.1) is 6.20 Å². The summed E-state index contributed by atoms with van der Waals surface area (Å²) < 4.78 is 1.95. The SMILES string of the molecule is CC#CC(=O)N1CCCC1c1[nH]c(-c2ccc(C(=O)Nc3ccccn3)cc2)c2c(N)ncc[n+]12. The van der Waals surface area contributed by atoms with Gasteiger partial charge in [0, 0.05) is 23.9 Å². The van der Waals surface area contributed by atoms with Gasteiger partial charge < -0.3 is 16.0 Å². The number of benzene rings is 1. The van der Waals surface area contributed by atoms with Crippen LogP contribution >= 0.6 is 0 Å². The van der Waals surface area contributed by atoms with Crippen molar-refractivity contribution in [1.82, 2.24) is 19.9 Å².